The molecule has 5 heteroatoms. The van der Waals surface area contributed by atoms with Crippen molar-refractivity contribution in [3.05, 3.63) is 54.1 Å². The average Bonchev–Trinajstić information content (AvgIpc) is 2.54. The van der Waals surface area contributed by atoms with Gasteiger partial charge in [0.2, 0.25) is 0 Å². The molecule has 0 bridgehead atoms. The molecule has 0 aromatic carbocycles. The molecule has 0 aliphatic rings. The minimum absolute atomic E-state index is 0.506. The lowest BCUT2D eigenvalue weighted by Crippen LogP contribution is -2.24. The van der Waals surface area contributed by atoms with Gasteiger partial charge in [0.05, 0.1) is 11.8 Å². The SMILES string of the molecule is CNc1ccnc(CN(CCC#N)Cc2cccnc2)c1. The molecule has 0 radical (unpaired) electrons. The Balaban J connectivity index is 2.06. The Kier molecular flexibility index (Phi) is 5.68. The minimum Gasteiger partial charge on any atom is -0.388 e. The normalized spacial score (nSPS) is 10.3. The maximum absolute atomic E-state index is 8.81. The second-order valence-electron chi connectivity index (χ2n) is 4.77. The van der Waals surface area contributed by atoms with Gasteiger partial charge in [-0.2, -0.15) is 5.26 Å². The van der Waals surface area contributed by atoms with Gasteiger partial charge in [-0.25, -0.2) is 0 Å². The molecule has 2 rings (SSSR count). The van der Waals surface area contributed by atoms with E-state index >= 15 is 0 Å². The molecule has 21 heavy (non-hydrogen) atoms. The summed E-state index contributed by atoms with van der Waals surface area (Å²) in [6, 6.07) is 10.1. The third-order valence-electron chi connectivity index (χ3n) is 3.16. The molecule has 0 amide bonds. The summed E-state index contributed by atoms with van der Waals surface area (Å²) >= 11 is 0. The third kappa shape index (κ3) is 4.86. The van der Waals surface area contributed by atoms with E-state index in [4.69, 9.17) is 5.26 Å². The van der Waals surface area contributed by atoms with Crippen LogP contribution in [0.1, 0.15) is 17.7 Å². The highest BCUT2D eigenvalue weighted by Crippen LogP contribution is 2.12. The summed E-state index contributed by atoms with van der Waals surface area (Å²) < 4.78 is 0. The molecule has 0 aliphatic carbocycles. The van der Waals surface area contributed by atoms with Crippen LogP contribution in [0.2, 0.25) is 0 Å². The van der Waals surface area contributed by atoms with E-state index in [0.717, 1.165) is 30.0 Å². The number of pyridine rings is 2. The number of hydrogen-bond acceptors (Lipinski definition) is 5. The van der Waals surface area contributed by atoms with E-state index in [1.54, 1.807) is 12.4 Å². The Morgan fingerprint density at radius 1 is 1.29 bits per heavy atom. The van der Waals surface area contributed by atoms with Gasteiger partial charge < -0.3 is 5.32 Å². The van der Waals surface area contributed by atoms with Gasteiger partial charge in [0.1, 0.15) is 0 Å². The maximum Gasteiger partial charge on any atom is 0.0635 e. The summed E-state index contributed by atoms with van der Waals surface area (Å²) in [5.74, 6) is 0. The first-order valence-corrected chi connectivity index (χ1v) is 6.92. The highest BCUT2D eigenvalue weighted by Gasteiger charge is 2.08. The summed E-state index contributed by atoms with van der Waals surface area (Å²) in [4.78, 5) is 10.7. The second kappa shape index (κ2) is 7.98. The third-order valence-corrected chi connectivity index (χ3v) is 3.16. The van der Waals surface area contributed by atoms with Crippen molar-refractivity contribution < 1.29 is 0 Å². The Bertz CT molecular complexity index is 591. The van der Waals surface area contributed by atoms with Crippen molar-refractivity contribution in [3.63, 3.8) is 0 Å². The maximum atomic E-state index is 8.81. The van der Waals surface area contributed by atoms with Gasteiger partial charge in [0, 0.05) is 57.4 Å². The molecule has 0 saturated carbocycles. The van der Waals surface area contributed by atoms with Crippen LogP contribution in [0.5, 0.6) is 0 Å². The molecular formula is C16H19N5. The topological polar surface area (TPSA) is 64.8 Å². The summed E-state index contributed by atoms with van der Waals surface area (Å²) in [5.41, 5.74) is 3.17. The quantitative estimate of drug-likeness (QED) is 0.844. The Morgan fingerprint density at radius 2 is 2.19 bits per heavy atom. The van der Waals surface area contributed by atoms with Crippen LogP contribution >= 0.6 is 0 Å². The van der Waals surface area contributed by atoms with Gasteiger partial charge in [-0.15, -0.1) is 0 Å². The summed E-state index contributed by atoms with van der Waals surface area (Å²) in [6.45, 7) is 2.20. The fourth-order valence-electron chi connectivity index (χ4n) is 2.12. The monoisotopic (exact) mass is 281 g/mol. The summed E-state index contributed by atoms with van der Waals surface area (Å²) in [6.07, 6.45) is 5.93. The molecule has 0 spiro atoms. The zero-order valence-electron chi connectivity index (χ0n) is 12.2. The Hall–Kier alpha value is -2.45. The van der Waals surface area contributed by atoms with Crippen LogP contribution in [0.3, 0.4) is 0 Å². The van der Waals surface area contributed by atoms with Crippen molar-refractivity contribution >= 4 is 5.69 Å². The number of rotatable bonds is 7. The highest BCUT2D eigenvalue weighted by atomic mass is 15.1. The zero-order valence-corrected chi connectivity index (χ0v) is 12.2. The molecule has 2 aromatic heterocycles. The van der Waals surface area contributed by atoms with Crippen molar-refractivity contribution in [2.24, 2.45) is 0 Å². The predicted octanol–water partition coefficient (Wildman–Crippen LogP) is 2.43. The fraction of sp³-hybridized carbons (Fsp3) is 0.312. The van der Waals surface area contributed by atoms with E-state index in [0.29, 0.717) is 13.0 Å². The van der Waals surface area contributed by atoms with Gasteiger partial charge in [0.15, 0.2) is 0 Å². The lowest BCUT2D eigenvalue weighted by atomic mass is 10.2. The smallest absolute Gasteiger partial charge is 0.0635 e. The van der Waals surface area contributed by atoms with Gasteiger partial charge >= 0.3 is 0 Å². The van der Waals surface area contributed by atoms with Gasteiger partial charge in [-0.3, -0.25) is 14.9 Å². The number of nitriles is 1. The highest BCUT2D eigenvalue weighted by molar-refractivity contribution is 5.42. The van der Waals surface area contributed by atoms with Crippen LogP contribution in [-0.4, -0.2) is 28.5 Å². The summed E-state index contributed by atoms with van der Waals surface area (Å²) in [5, 5.41) is 11.9. The van der Waals surface area contributed by atoms with Crippen LogP contribution in [0.4, 0.5) is 5.69 Å². The number of anilines is 1. The van der Waals surface area contributed by atoms with Crippen LogP contribution in [0, 0.1) is 11.3 Å². The molecule has 108 valence electrons. The fourth-order valence-corrected chi connectivity index (χ4v) is 2.12. The molecule has 1 N–H and O–H groups in total. The molecule has 0 saturated heterocycles. The second-order valence-corrected chi connectivity index (χ2v) is 4.77. The van der Waals surface area contributed by atoms with Crippen LogP contribution in [0.15, 0.2) is 42.9 Å². The Morgan fingerprint density at radius 3 is 2.90 bits per heavy atom. The molecule has 0 unspecified atom stereocenters. The molecule has 0 fully saturated rings. The molecular weight excluding hydrogens is 262 g/mol. The van der Waals surface area contributed by atoms with E-state index < -0.39 is 0 Å². The lowest BCUT2D eigenvalue weighted by Gasteiger charge is -2.21. The molecule has 2 aromatic rings. The predicted molar refractivity (Wildman–Crippen MR) is 82.4 cm³/mol. The van der Waals surface area contributed by atoms with Gasteiger partial charge in [0.25, 0.3) is 0 Å². The Labute approximate surface area is 125 Å². The first-order valence-electron chi connectivity index (χ1n) is 6.92. The average molecular weight is 281 g/mol. The van der Waals surface area contributed by atoms with Crippen molar-refractivity contribution in [1.29, 1.82) is 5.26 Å². The lowest BCUT2D eigenvalue weighted by molar-refractivity contribution is 0.259. The molecule has 0 atom stereocenters. The van der Waals surface area contributed by atoms with Gasteiger partial charge in [-0.1, -0.05) is 6.07 Å². The zero-order chi connectivity index (χ0) is 14.9. The number of aromatic nitrogens is 2. The standard InChI is InChI=1S/C16H19N5/c1-18-15-5-8-20-16(10-15)13-21(9-3-6-17)12-14-4-2-7-19-11-14/h2,4-5,7-8,10-11H,3,9,12-13H2,1H3,(H,18,20). The molecule has 0 aliphatic heterocycles. The first kappa shape index (κ1) is 14.9. The van der Waals surface area contributed by atoms with Crippen molar-refractivity contribution in [2.45, 2.75) is 19.5 Å². The van der Waals surface area contributed by atoms with Gasteiger partial charge in [-0.05, 0) is 23.8 Å². The van der Waals surface area contributed by atoms with Crippen LogP contribution in [-0.2, 0) is 13.1 Å². The minimum atomic E-state index is 0.506. The van der Waals surface area contributed by atoms with Crippen LogP contribution < -0.4 is 5.32 Å². The van der Waals surface area contributed by atoms with Crippen molar-refractivity contribution in [2.75, 3.05) is 18.9 Å². The van der Waals surface area contributed by atoms with E-state index in [1.807, 2.05) is 37.5 Å². The van der Waals surface area contributed by atoms with Crippen LogP contribution in [0.25, 0.3) is 0 Å². The molecule has 2 heterocycles. The number of hydrogen-bond donors (Lipinski definition) is 1. The van der Waals surface area contributed by atoms with E-state index in [2.05, 4.69) is 26.3 Å². The number of nitrogens with one attached hydrogen (secondary N) is 1. The van der Waals surface area contributed by atoms with Crippen molar-refractivity contribution in [1.82, 2.24) is 14.9 Å². The summed E-state index contributed by atoms with van der Waals surface area (Å²) in [7, 11) is 1.89. The van der Waals surface area contributed by atoms with E-state index in [9.17, 15) is 0 Å². The first-order chi connectivity index (χ1) is 10.3. The number of nitrogens with zero attached hydrogens (tertiary/aromatic N) is 4. The van der Waals surface area contributed by atoms with Crippen molar-refractivity contribution in [3.8, 4) is 6.07 Å². The largest absolute Gasteiger partial charge is 0.388 e. The van der Waals surface area contributed by atoms with E-state index in [1.165, 1.54) is 0 Å². The molecule has 5 nitrogen and oxygen atoms in total. The van der Waals surface area contributed by atoms with E-state index in [-0.39, 0.29) is 0 Å².